The molecule has 4 heteroatoms. The molecule has 0 radical (unpaired) electrons. The molecule has 2 rings (SSSR count). The molecule has 0 N–H and O–H groups in total. The Bertz CT molecular complexity index is 462. The first kappa shape index (κ1) is 11.4. The van der Waals surface area contributed by atoms with Gasteiger partial charge in [0.25, 0.3) is 0 Å². The minimum atomic E-state index is -0.280. The zero-order chi connectivity index (χ0) is 12.1. The van der Waals surface area contributed by atoms with Gasteiger partial charge >= 0.3 is 5.97 Å². The number of para-hydroxylation sites is 1. The summed E-state index contributed by atoms with van der Waals surface area (Å²) in [6.07, 6.45) is 3.06. The fraction of sp³-hybridized carbons (Fsp3) is 0.231. The van der Waals surface area contributed by atoms with Gasteiger partial charge < -0.3 is 9.47 Å². The Balaban J connectivity index is 1.98. The van der Waals surface area contributed by atoms with Gasteiger partial charge in [-0.05, 0) is 18.2 Å². The smallest absolute Gasteiger partial charge is 0.333 e. The lowest BCUT2D eigenvalue weighted by Crippen LogP contribution is -2.01. The summed E-state index contributed by atoms with van der Waals surface area (Å²) < 4.78 is 10.2. The van der Waals surface area contributed by atoms with E-state index in [-0.39, 0.29) is 12.6 Å². The molecule has 0 spiro atoms. The number of ether oxygens (including phenoxy) is 2. The van der Waals surface area contributed by atoms with Crippen LogP contribution in [0.4, 0.5) is 0 Å². The average molecular weight is 232 g/mol. The summed E-state index contributed by atoms with van der Waals surface area (Å²) in [5.74, 6) is 0.239. The van der Waals surface area contributed by atoms with E-state index in [1.165, 1.54) is 0 Å². The number of cyclic esters (lactones) is 1. The second kappa shape index (κ2) is 5.30. The first-order valence-corrected chi connectivity index (χ1v) is 5.34. The van der Waals surface area contributed by atoms with Gasteiger partial charge in [-0.3, -0.25) is 4.79 Å². The molecule has 0 saturated carbocycles. The highest BCUT2D eigenvalue weighted by molar-refractivity contribution is 5.90. The van der Waals surface area contributed by atoms with Crippen LogP contribution in [0.15, 0.2) is 35.9 Å². The Kier molecular flexibility index (Phi) is 3.55. The maximum absolute atomic E-state index is 11.1. The minimum absolute atomic E-state index is 0.259. The van der Waals surface area contributed by atoms with E-state index in [1.807, 2.05) is 0 Å². The molecular formula is C13H12O4. The fourth-order valence-electron chi connectivity index (χ4n) is 1.58. The zero-order valence-corrected chi connectivity index (χ0v) is 9.22. The third kappa shape index (κ3) is 2.72. The van der Waals surface area contributed by atoms with Gasteiger partial charge in [-0.15, -0.1) is 0 Å². The molecule has 88 valence electrons. The third-order valence-electron chi connectivity index (χ3n) is 2.48. The van der Waals surface area contributed by atoms with Crippen LogP contribution < -0.4 is 4.74 Å². The van der Waals surface area contributed by atoms with Gasteiger partial charge in [-0.2, -0.15) is 0 Å². The number of benzene rings is 1. The van der Waals surface area contributed by atoms with Crippen LogP contribution in [0, 0.1) is 0 Å². The lowest BCUT2D eigenvalue weighted by Gasteiger charge is -2.05. The predicted octanol–water partition coefficient (Wildman–Crippen LogP) is 1.75. The molecule has 0 bridgehead atoms. The summed E-state index contributed by atoms with van der Waals surface area (Å²) in [5, 5.41) is 0. The lowest BCUT2D eigenvalue weighted by atomic mass is 10.2. The van der Waals surface area contributed by atoms with Crippen molar-refractivity contribution in [1.82, 2.24) is 0 Å². The highest BCUT2D eigenvalue weighted by Crippen LogP contribution is 2.17. The van der Waals surface area contributed by atoms with Crippen LogP contribution in [0.2, 0.25) is 0 Å². The first-order chi connectivity index (χ1) is 8.31. The van der Waals surface area contributed by atoms with Gasteiger partial charge in [0.2, 0.25) is 0 Å². The van der Waals surface area contributed by atoms with Crippen LogP contribution in [0.5, 0.6) is 5.75 Å². The molecule has 1 aliphatic heterocycles. The Labute approximate surface area is 98.8 Å². The van der Waals surface area contributed by atoms with Gasteiger partial charge in [0.05, 0.1) is 12.2 Å². The van der Waals surface area contributed by atoms with E-state index >= 15 is 0 Å². The first-order valence-electron chi connectivity index (χ1n) is 5.34. The van der Waals surface area contributed by atoms with Crippen LogP contribution >= 0.6 is 0 Å². The molecule has 0 atom stereocenters. The van der Waals surface area contributed by atoms with E-state index in [9.17, 15) is 9.59 Å². The topological polar surface area (TPSA) is 52.6 Å². The minimum Gasteiger partial charge on any atom is -0.489 e. The van der Waals surface area contributed by atoms with Crippen molar-refractivity contribution in [2.75, 3.05) is 13.2 Å². The summed E-state index contributed by atoms with van der Waals surface area (Å²) in [4.78, 5) is 21.9. The molecule has 0 amide bonds. The Morgan fingerprint density at radius 1 is 1.35 bits per heavy atom. The summed E-state index contributed by atoms with van der Waals surface area (Å²) in [7, 11) is 0. The predicted molar refractivity (Wildman–Crippen MR) is 61.0 cm³/mol. The second-order valence-electron chi connectivity index (χ2n) is 3.58. The van der Waals surface area contributed by atoms with Crippen molar-refractivity contribution < 1.29 is 19.1 Å². The summed E-state index contributed by atoms with van der Waals surface area (Å²) >= 11 is 0. The van der Waals surface area contributed by atoms with Crippen molar-refractivity contribution in [1.29, 1.82) is 0 Å². The number of carbonyl (C=O) groups is 2. The van der Waals surface area contributed by atoms with Crippen LogP contribution in [-0.2, 0) is 9.53 Å². The van der Waals surface area contributed by atoms with E-state index in [1.54, 1.807) is 30.3 Å². The molecular weight excluding hydrogens is 220 g/mol. The number of esters is 1. The van der Waals surface area contributed by atoms with Crippen molar-refractivity contribution in [3.8, 4) is 5.75 Å². The van der Waals surface area contributed by atoms with Gasteiger partial charge in [0.15, 0.2) is 6.29 Å². The van der Waals surface area contributed by atoms with Crippen molar-refractivity contribution in [2.24, 2.45) is 0 Å². The Hall–Kier alpha value is -2.10. The molecule has 1 fully saturated rings. The summed E-state index contributed by atoms with van der Waals surface area (Å²) in [6.45, 7) is 0.699. The van der Waals surface area contributed by atoms with Crippen LogP contribution in [0.25, 0.3) is 0 Å². The highest BCUT2D eigenvalue weighted by atomic mass is 16.5. The standard InChI is InChI=1S/C13H12O4/c14-9-11-3-1-2-4-12(11)16-7-5-10-6-8-17-13(10)15/h1-5,9H,6-8H2/b10-5-. The molecule has 4 nitrogen and oxygen atoms in total. The van der Waals surface area contributed by atoms with Crippen LogP contribution in [0.1, 0.15) is 16.8 Å². The number of hydrogen-bond acceptors (Lipinski definition) is 4. The number of carbonyl (C=O) groups excluding carboxylic acids is 2. The molecule has 0 unspecified atom stereocenters. The molecule has 17 heavy (non-hydrogen) atoms. The zero-order valence-electron chi connectivity index (χ0n) is 9.22. The van der Waals surface area contributed by atoms with E-state index in [2.05, 4.69) is 0 Å². The molecule has 0 aromatic heterocycles. The van der Waals surface area contributed by atoms with Gasteiger partial charge in [0.1, 0.15) is 12.4 Å². The Morgan fingerprint density at radius 3 is 2.88 bits per heavy atom. The molecule has 1 aromatic rings. The molecule has 1 saturated heterocycles. The van der Waals surface area contributed by atoms with E-state index < -0.39 is 0 Å². The molecule has 0 aliphatic carbocycles. The van der Waals surface area contributed by atoms with E-state index in [4.69, 9.17) is 9.47 Å². The largest absolute Gasteiger partial charge is 0.489 e. The SMILES string of the molecule is O=Cc1ccccc1OC/C=C1/CCOC1=O. The normalized spacial score (nSPS) is 16.9. The van der Waals surface area contributed by atoms with E-state index in [0.29, 0.717) is 29.9 Å². The number of hydrogen-bond donors (Lipinski definition) is 0. The summed E-state index contributed by atoms with van der Waals surface area (Å²) in [5.41, 5.74) is 1.13. The highest BCUT2D eigenvalue weighted by Gasteiger charge is 2.17. The van der Waals surface area contributed by atoms with Crippen LogP contribution in [0.3, 0.4) is 0 Å². The third-order valence-corrected chi connectivity index (χ3v) is 2.48. The molecule has 1 aliphatic rings. The average Bonchev–Trinajstić information content (AvgIpc) is 2.76. The maximum atomic E-state index is 11.1. The monoisotopic (exact) mass is 232 g/mol. The number of aldehydes is 1. The van der Waals surface area contributed by atoms with E-state index in [0.717, 1.165) is 6.29 Å². The number of rotatable bonds is 4. The summed E-state index contributed by atoms with van der Waals surface area (Å²) in [6, 6.07) is 6.96. The fourth-order valence-corrected chi connectivity index (χ4v) is 1.58. The molecule has 1 aromatic carbocycles. The van der Waals surface area contributed by atoms with Gasteiger partial charge in [-0.25, -0.2) is 4.79 Å². The van der Waals surface area contributed by atoms with Gasteiger partial charge in [-0.1, -0.05) is 12.1 Å². The van der Waals surface area contributed by atoms with Crippen LogP contribution in [-0.4, -0.2) is 25.5 Å². The van der Waals surface area contributed by atoms with Crippen molar-refractivity contribution in [2.45, 2.75) is 6.42 Å². The quantitative estimate of drug-likeness (QED) is 0.451. The van der Waals surface area contributed by atoms with Crippen molar-refractivity contribution in [3.63, 3.8) is 0 Å². The van der Waals surface area contributed by atoms with Crippen molar-refractivity contribution >= 4 is 12.3 Å². The van der Waals surface area contributed by atoms with Gasteiger partial charge in [0, 0.05) is 12.0 Å². The molecule has 1 heterocycles. The lowest BCUT2D eigenvalue weighted by molar-refractivity contribution is -0.135. The second-order valence-corrected chi connectivity index (χ2v) is 3.58. The van der Waals surface area contributed by atoms with Crippen molar-refractivity contribution in [3.05, 3.63) is 41.5 Å². The Morgan fingerprint density at radius 2 is 2.18 bits per heavy atom. The maximum Gasteiger partial charge on any atom is 0.333 e.